The number of aromatic hydroxyl groups is 4. The van der Waals surface area contributed by atoms with Crippen molar-refractivity contribution in [3.05, 3.63) is 11.1 Å². The van der Waals surface area contributed by atoms with Gasteiger partial charge in [-0.15, -0.1) is 0 Å². The van der Waals surface area contributed by atoms with Gasteiger partial charge in [-0.1, -0.05) is 29.5 Å². The minimum absolute atomic E-state index is 0.352. The Labute approximate surface area is 95.0 Å². The molecule has 0 aliphatic rings. The fourth-order valence-corrected chi connectivity index (χ4v) is 2.14. The van der Waals surface area contributed by atoms with Crippen molar-refractivity contribution >= 4 is 22.6 Å². The molecule has 0 aromatic heterocycles. The van der Waals surface area contributed by atoms with E-state index in [1.165, 1.54) is 0 Å². The van der Waals surface area contributed by atoms with Crippen LogP contribution in [0, 0.1) is 0 Å². The molecule has 0 fully saturated rings. The Kier molecular flexibility index (Phi) is 3.30. The molecule has 4 nitrogen and oxygen atoms in total. The quantitative estimate of drug-likeness (QED) is 0.291. The van der Waals surface area contributed by atoms with E-state index in [4.69, 9.17) is 0 Å². The second kappa shape index (κ2) is 4.12. The zero-order chi connectivity index (χ0) is 10.9. The summed E-state index contributed by atoms with van der Waals surface area (Å²) in [5.74, 6) is -2.03. The third kappa shape index (κ3) is 1.56. The minimum Gasteiger partial charge on any atom is -0.504 e. The summed E-state index contributed by atoms with van der Waals surface area (Å²) in [5, 5.41) is 37.5. The number of benzene rings is 1. The predicted octanol–water partition coefficient (Wildman–Crippen LogP) is 2.01. The molecule has 0 amide bonds. The van der Waals surface area contributed by atoms with Crippen molar-refractivity contribution < 1.29 is 20.4 Å². The van der Waals surface area contributed by atoms with Crippen LogP contribution in [-0.2, 0) is 10.8 Å². The first kappa shape index (κ1) is 11.2. The maximum atomic E-state index is 9.49. The SMILES string of the molecule is CCc1c(O)c(O)c(O)c(O)c1CI. The van der Waals surface area contributed by atoms with E-state index in [1.54, 1.807) is 6.92 Å². The molecule has 1 aromatic carbocycles. The number of phenols is 4. The smallest absolute Gasteiger partial charge is 0.204 e. The summed E-state index contributed by atoms with van der Waals surface area (Å²) in [5.41, 5.74) is 0.924. The average Bonchev–Trinajstić information content (AvgIpc) is 2.20. The van der Waals surface area contributed by atoms with Gasteiger partial charge in [-0.05, 0) is 6.42 Å². The van der Waals surface area contributed by atoms with Gasteiger partial charge in [0.15, 0.2) is 11.5 Å². The van der Waals surface area contributed by atoms with Crippen LogP contribution in [0.25, 0.3) is 0 Å². The molecule has 0 unspecified atom stereocenters. The molecular weight excluding hydrogens is 299 g/mol. The highest BCUT2D eigenvalue weighted by Gasteiger charge is 2.20. The van der Waals surface area contributed by atoms with Crippen LogP contribution in [0.2, 0.25) is 0 Å². The molecular formula is C9H11IO4. The van der Waals surface area contributed by atoms with E-state index < -0.39 is 11.5 Å². The Bertz CT molecular complexity index is 328. The molecule has 0 saturated carbocycles. The van der Waals surface area contributed by atoms with E-state index in [9.17, 15) is 20.4 Å². The summed E-state index contributed by atoms with van der Waals surface area (Å²) in [4.78, 5) is 0. The van der Waals surface area contributed by atoms with Crippen molar-refractivity contribution in [3.63, 3.8) is 0 Å². The lowest BCUT2D eigenvalue weighted by molar-refractivity contribution is 0.341. The molecule has 1 aromatic rings. The Balaban J connectivity index is 3.57. The normalized spacial score (nSPS) is 10.4. The minimum atomic E-state index is -0.661. The van der Waals surface area contributed by atoms with Crippen LogP contribution in [-0.4, -0.2) is 20.4 Å². The van der Waals surface area contributed by atoms with E-state index in [1.807, 2.05) is 22.6 Å². The van der Waals surface area contributed by atoms with Gasteiger partial charge in [-0.3, -0.25) is 0 Å². The number of phenolic OH excluding ortho intramolecular Hbond substituents is 4. The zero-order valence-corrected chi connectivity index (χ0v) is 9.74. The van der Waals surface area contributed by atoms with Crippen LogP contribution >= 0.6 is 22.6 Å². The van der Waals surface area contributed by atoms with Crippen molar-refractivity contribution in [1.29, 1.82) is 0 Å². The largest absolute Gasteiger partial charge is 0.504 e. The van der Waals surface area contributed by atoms with Gasteiger partial charge in [0.1, 0.15) is 0 Å². The molecule has 1 rings (SSSR count). The number of halogens is 1. The van der Waals surface area contributed by atoms with Crippen LogP contribution in [0.4, 0.5) is 0 Å². The van der Waals surface area contributed by atoms with Gasteiger partial charge in [0, 0.05) is 15.6 Å². The van der Waals surface area contributed by atoms with E-state index in [2.05, 4.69) is 0 Å². The van der Waals surface area contributed by atoms with Crippen molar-refractivity contribution in [2.24, 2.45) is 0 Å². The fourth-order valence-electron chi connectivity index (χ4n) is 1.32. The van der Waals surface area contributed by atoms with Crippen LogP contribution in [0.3, 0.4) is 0 Å². The summed E-state index contributed by atoms with van der Waals surface area (Å²) >= 11 is 2.01. The lowest BCUT2D eigenvalue weighted by Gasteiger charge is -2.13. The van der Waals surface area contributed by atoms with Crippen LogP contribution < -0.4 is 0 Å². The summed E-state index contributed by atoms with van der Waals surface area (Å²) in [6, 6.07) is 0. The highest BCUT2D eigenvalue weighted by Crippen LogP contribution is 2.47. The Morgan fingerprint density at radius 2 is 1.29 bits per heavy atom. The topological polar surface area (TPSA) is 80.9 Å². The van der Waals surface area contributed by atoms with Gasteiger partial charge in [0.25, 0.3) is 0 Å². The maximum Gasteiger partial charge on any atom is 0.204 e. The van der Waals surface area contributed by atoms with E-state index >= 15 is 0 Å². The Morgan fingerprint density at radius 3 is 1.64 bits per heavy atom. The number of alkyl halides is 1. The zero-order valence-electron chi connectivity index (χ0n) is 7.58. The van der Waals surface area contributed by atoms with Gasteiger partial charge < -0.3 is 20.4 Å². The molecule has 0 radical (unpaired) electrons. The van der Waals surface area contributed by atoms with Crippen molar-refractivity contribution in [2.75, 3.05) is 0 Å². The standard InChI is InChI=1S/C9H11IO4/c1-2-4-5(3-10)7(12)9(14)8(13)6(4)11/h11-14H,2-3H2,1H3. The summed E-state index contributed by atoms with van der Waals surface area (Å²) in [7, 11) is 0. The van der Waals surface area contributed by atoms with E-state index in [0.717, 1.165) is 0 Å². The lowest BCUT2D eigenvalue weighted by atomic mass is 10.0. The van der Waals surface area contributed by atoms with Gasteiger partial charge in [0.2, 0.25) is 11.5 Å². The van der Waals surface area contributed by atoms with Crippen LogP contribution in [0.5, 0.6) is 23.0 Å². The molecule has 4 N–H and O–H groups in total. The molecule has 0 heterocycles. The molecule has 0 bridgehead atoms. The molecule has 78 valence electrons. The summed E-state index contributed by atoms with van der Waals surface area (Å²) in [6.07, 6.45) is 0.478. The number of rotatable bonds is 2. The first-order chi connectivity index (χ1) is 6.54. The van der Waals surface area contributed by atoms with E-state index in [-0.39, 0.29) is 11.5 Å². The molecule has 0 aliphatic heterocycles. The van der Waals surface area contributed by atoms with Crippen molar-refractivity contribution in [3.8, 4) is 23.0 Å². The first-order valence-corrected chi connectivity index (χ1v) is 5.60. The second-order valence-corrected chi connectivity index (χ2v) is 3.60. The molecule has 14 heavy (non-hydrogen) atoms. The fraction of sp³-hybridized carbons (Fsp3) is 0.333. The van der Waals surface area contributed by atoms with Crippen LogP contribution in [0.1, 0.15) is 18.1 Å². The van der Waals surface area contributed by atoms with Gasteiger partial charge in [0.05, 0.1) is 0 Å². The van der Waals surface area contributed by atoms with Crippen LogP contribution in [0.15, 0.2) is 0 Å². The maximum absolute atomic E-state index is 9.49. The monoisotopic (exact) mass is 310 g/mol. The van der Waals surface area contributed by atoms with Gasteiger partial charge >= 0.3 is 0 Å². The first-order valence-electron chi connectivity index (χ1n) is 4.08. The molecule has 0 saturated heterocycles. The third-order valence-corrected chi connectivity index (χ3v) is 2.86. The number of hydrogen-bond acceptors (Lipinski definition) is 4. The molecule has 0 aliphatic carbocycles. The molecule has 0 spiro atoms. The predicted molar refractivity (Wildman–Crippen MR) is 60.2 cm³/mol. The average molecular weight is 310 g/mol. The third-order valence-electron chi connectivity index (χ3n) is 2.10. The molecule has 5 heteroatoms. The number of hydrogen-bond donors (Lipinski definition) is 4. The lowest BCUT2D eigenvalue weighted by Crippen LogP contribution is -1.92. The summed E-state index contributed by atoms with van der Waals surface area (Å²) < 4.78 is 0.453. The Hall–Kier alpha value is -0.850. The van der Waals surface area contributed by atoms with Gasteiger partial charge in [-0.25, -0.2) is 0 Å². The van der Waals surface area contributed by atoms with E-state index in [0.29, 0.717) is 22.0 Å². The van der Waals surface area contributed by atoms with Crippen molar-refractivity contribution in [2.45, 2.75) is 17.8 Å². The highest BCUT2D eigenvalue weighted by molar-refractivity contribution is 14.1. The van der Waals surface area contributed by atoms with Crippen molar-refractivity contribution in [1.82, 2.24) is 0 Å². The summed E-state index contributed by atoms with van der Waals surface area (Å²) in [6.45, 7) is 1.79. The second-order valence-electron chi connectivity index (χ2n) is 2.84. The van der Waals surface area contributed by atoms with Gasteiger partial charge in [-0.2, -0.15) is 0 Å². The Morgan fingerprint density at radius 1 is 0.857 bits per heavy atom. The molecule has 0 atom stereocenters. The highest BCUT2D eigenvalue weighted by atomic mass is 127.